The average Bonchev–Trinajstić information content (AvgIpc) is 3.25. The van der Waals surface area contributed by atoms with Crippen LogP contribution in [0.15, 0.2) is 35.8 Å². The molecule has 0 aliphatic carbocycles. The van der Waals surface area contributed by atoms with Gasteiger partial charge in [-0.25, -0.2) is 4.98 Å². The number of thiazole rings is 1. The van der Waals surface area contributed by atoms with Gasteiger partial charge in [0.05, 0.1) is 44.5 Å². The van der Waals surface area contributed by atoms with E-state index >= 15 is 0 Å². The van der Waals surface area contributed by atoms with Crippen LogP contribution >= 0.6 is 22.9 Å². The number of carbonyl (C=O) groups is 1. The number of aromatic nitrogens is 1. The molecule has 0 radical (unpaired) electrons. The van der Waals surface area contributed by atoms with Gasteiger partial charge in [0.25, 0.3) is 0 Å². The quantitative estimate of drug-likeness (QED) is 0.682. The molecule has 2 aromatic rings. The maximum absolute atomic E-state index is 12.5. The van der Waals surface area contributed by atoms with E-state index in [0.29, 0.717) is 37.7 Å². The Morgan fingerprint density at radius 3 is 2.90 bits per heavy atom. The number of carbonyl (C=O) groups excluding carboxylic acids is 1. The third-order valence-electron chi connectivity index (χ3n) is 5.73. The molecule has 168 valence electrons. The van der Waals surface area contributed by atoms with Crippen molar-refractivity contribution in [2.75, 3.05) is 19.8 Å². The first-order chi connectivity index (χ1) is 15.1. The summed E-state index contributed by atoms with van der Waals surface area (Å²) in [5.74, 6) is -0.0276. The molecule has 3 heterocycles. The van der Waals surface area contributed by atoms with Gasteiger partial charge in [-0.1, -0.05) is 23.7 Å². The predicted molar refractivity (Wildman–Crippen MR) is 119 cm³/mol. The minimum Gasteiger partial charge on any atom is -0.389 e. The Morgan fingerprint density at radius 2 is 2.13 bits per heavy atom. The van der Waals surface area contributed by atoms with Gasteiger partial charge in [0.15, 0.2) is 0 Å². The van der Waals surface area contributed by atoms with Gasteiger partial charge >= 0.3 is 0 Å². The van der Waals surface area contributed by atoms with E-state index in [9.17, 15) is 9.90 Å². The number of hydrogen-bond donors (Lipinski definition) is 2. The Kier molecular flexibility index (Phi) is 7.92. The molecule has 31 heavy (non-hydrogen) atoms. The summed E-state index contributed by atoms with van der Waals surface area (Å²) in [7, 11) is 0. The smallest absolute Gasteiger partial charge is 0.222 e. The molecular weight excluding hydrogens is 438 g/mol. The highest BCUT2D eigenvalue weighted by molar-refractivity contribution is 7.09. The number of aliphatic hydroxyl groups excluding tert-OH is 1. The highest BCUT2D eigenvalue weighted by Gasteiger charge is 2.38. The van der Waals surface area contributed by atoms with Crippen molar-refractivity contribution >= 4 is 28.8 Å². The molecule has 1 aromatic heterocycles. The second-order valence-corrected chi connectivity index (χ2v) is 9.51. The maximum Gasteiger partial charge on any atom is 0.222 e. The molecule has 4 rings (SSSR count). The monoisotopic (exact) mass is 465 g/mol. The summed E-state index contributed by atoms with van der Waals surface area (Å²) >= 11 is 7.52. The molecule has 1 amide bonds. The maximum atomic E-state index is 12.5. The molecule has 4 atom stereocenters. The molecule has 2 saturated heterocycles. The first-order valence-corrected chi connectivity index (χ1v) is 11.9. The number of nitrogens with zero attached hydrogens (tertiary/aromatic N) is 2. The second-order valence-electron chi connectivity index (χ2n) is 8.10. The Bertz CT molecular complexity index is 836. The first-order valence-electron chi connectivity index (χ1n) is 10.6. The van der Waals surface area contributed by atoms with Crippen LogP contribution in [0.2, 0.25) is 5.02 Å². The number of β-amino-alcohol motifs (C(OH)–C–C–N with tert-alkyl or cyclic N) is 1. The van der Waals surface area contributed by atoms with Crippen LogP contribution in [0.4, 0.5) is 0 Å². The van der Waals surface area contributed by atoms with Crippen molar-refractivity contribution in [3.63, 3.8) is 0 Å². The third kappa shape index (κ3) is 6.47. The third-order valence-corrected chi connectivity index (χ3v) is 6.74. The van der Waals surface area contributed by atoms with Crippen molar-refractivity contribution in [2.45, 2.75) is 56.7 Å². The molecule has 0 spiro atoms. The first kappa shape index (κ1) is 22.6. The van der Waals surface area contributed by atoms with E-state index in [1.807, 2.05) is 29.6 Å². The van der Waals surface area contributed by atoms with Crippen molar-refractivity contribution < 1.29 is 19.4 Å². The zero-order valence-corrected chi connectivity index (χ0v) is 18.9. The number of ether oxygens (including phenoxy) is 2. The SMILES string of the molecule is O=C(C[C@@H]1CC[C@H]2[C@@H](COC[C@@H](O)CN2Cc2nccs2)O1)NCc1ccc(Cl)cc1. The Balaban J connectivity index is 1.31. The van der Waals surface area contributed by atoms with Crippen molar-refractivity contribution in [1.29, 1.82) is 0 Å². The molecule has 7 nitrogen and oxygen atoms in total. The fourth-order valence-corrected chi connectivity index (χ4v) is 4.98. The van der Waals surface area contributed by atoms with Crippen LogP contribution in [0.5, 0.6) is 0 Å². The molecule has 2 fully saturated rings. The van der Waals surface area contributed by atoms with E-state index < -0.39 is 6.10 Å². The molecule has 2 aliphatic heterocycles. The summed E-state index contributed by atoms with van der Waals surface area (Å²) in [6.45, 7) is 2.38. The number of benzene rings is 1. The molecule has 0 bridgehead atoms. The van der Waals surface area contributed by atoms with E-state index in [0.717, 1.165) is 23.4 Å². The molecule has 2 N–H and O–H groups in total. The Labute approximate surface area is 191 Å². The van der Waals surface area contributed by atoms with Crippen molar-refractivity contribution in [3.05, 3.63) is 51.4 Å². The van der Waals surface area contributed by atoms with Gasteiger partial charge in [0.2, 0.25) is 5.91 Å². The minimum atomic E-state index is -0.530. The minimum absolute atomic E-state index is 0.0276. The van der Waals surface area contributed by atoms with Gasteiger partial charge in [-0.3, -0.25) is 9.69 Å². The topological polar surface area (TPSA) is 83.9 Å². The van der Waals surface area contributed by atoms with Crippen molar-refractivity contribution in [2.24, 2.45) is 0 Å². The lowest BCUT2D eigenvalue weighted by molar-refractivity contribution is -0.158. The fraction of sp³-hybridized carbons (Fsp3) is 0.545. The number of amides is 1. The predicted octanol–water partition coefficient (Wildman–Crippen LogP) is 2.61. The highest BCUT2D eigenvalue weighted by atomic mass is 35.5. The van der Waals surface area contributed by atoms with Crippen LogP contribution in [-0.4, -0.2) is 65.0 Å². The normalized spacial score (nSPS) is 27.2. The number of rotatable bonds is 6. The number of aliphatic hydroxyl groups is 1. The zero-order valence-electron chi connectivity index (χ0n) is 17.3. The summed E-state index contributed by atoms with van der Waals surface area (Å²) in [5, 5.41) is 16.9. The largest absolute Gasteiger partial charge is 0.389 e. The van der Waals surface area contributed by atoms with Crippen molar-refractivity contribution in [3.8, 4) is 0 Å². The van der Waals surface area contributed by atoms with Crippen LogP contribution in [0.3, 0.4) is 0 Å². The molecule has 0 saturated carbocycles. The average molecular weight is 466 g/mol. The van der Waals surface area contributed by atoms with Gasteiger partial charge in [-0.2, -0.15) is 0 Å². The number of hydrogen-bond acceptors (Lipinski definition) is 7. The molecule has 1 aromatic carbocycles. The fourth-order valence-electron chi connectivity index (χ4n) is 4.21. The standard InChI is InChI=1S/C22H28ClN3O4S/c23-16-3-1-15(2-4-16)10-25-21(28)9-18-5-6-19-20(30-18)14-29-13-17(27)11-26(19)12-22-24-7-8-31-22/h1-4,7-8,17-20,27H,5-6,9-14H2,(H,25,28)/t17-,18-,19-,20+/m0/s1. The van der Waals surface area contributed by atoms with Crippen molar-refractivity contribution in [1.82, 2.24) is 15.2 Å². The summed E-state index contributed by atoms with van der Waals surface area (Å²) in [6.07, 6.45) is 3.01. The number of fused-ring (bicyclic) bond motifs is 1. The Morgan fingerprint density at radius 1 is 1.29 bits per heavy atom. The lowest BCUT2D eigenvalue weighted by Gasteiger charge is -2.44. The van der Waals surface area contributed by atoms with Gasteiger partial charge in [0, 0.05) is 35.7 Å². The van der Waals surface area contributed by atoms with Crippen LogP contribution in [-0.2, 0) is 27.4 Å². The van der Waals surface area contributed by atoms with Gasteiger partial charge in [0.1, 0.15) is 5.01 Å². The Hall–Kier alpha value is -1.55. The van der Waals surface area contributed by atoms with E-state index in [2.05, 4.69) is 15.2 Å². The summed E-state index contributed by atoms with van der Waals surface area (Å²) in [4.78, 5) is 19.1. The lowest BCUT2D eigenvalue weighted by atomic mass is 9.94. The van der Waals surface area contributed by atoms with Crippen LogP contribution in [0.25, 0.3) is 0 Å². The van der Waals surface area contributed by atoms with Crippen LogP contribution in [0.1, 0.15) is 29.8 Å². The van der Waals surface area contributed by atoms with E-state index in [1.54, 1.807) is 17.5 Å². The zero-order chi connectivity index (χ0) is 21.6. The van der Waals surface area contributed by atoms with E-state index in [1.165, 1.54) is 0 Å². The van der Waals surface area contributed by atoms with E-state index in [4.69, 9.17) is 21.1 Å². The summed E-state index contributed by atoms with van der Waals surface area (Å²) < 4.78 is 12.0. The highest BCUT2D eigenvalue weighted by Crippen LogP contribution is 2.29. The van der Waals surface area contributed by atoms with Crippen LogP contribution in [0, 0.1) is 0 Å². The van der Waals surface area contributed by atoms with Crippen LogP contribution < -0.4 is 5.32 Å². The summed E-state index contributed by atoms with van der Waals surface area (Å²) in [6, 6.07) is 7.57. The van der Waals surface area contributed by atoms with Gasteiger partial charge < -0.3 is 19.9 Å². The molecular formula is C22H28ClN3O4S. The van der Waals surface area contributed by atoms with Gasteiger partial charge in [-0.05, 0) is 30.5 Å². The molecule has 9 heteroatoms. The number of nitrogens with one attached hydrogen (secondary N) is 1. The lowest BCUT2D eigenvalue weighted by Crippen LogP contribution is -2.55. The second kappa shape index (κ2) is 10.8. The summed E-state index contributed by atoms with van der Waals surface area (Å²) in [5.41, 5.74) is 1.01. The molecule has 0 unspecified atom stereocenters. The van der Waals surface area contributed by atoms with Gasteiger partial charge in [-0.15, -0.1) is 11.3 Å². The number of halogens is 1. The van der Waals surface area contributed by atoms with E-state index in [-0.39, 0.29) is 30.8 Å². The molecule has 2 aliphatic rings.